The van der Waals surface area contributed by atoms with Crippen molar-refractivity contribution in [3.8, 4) is 0 Å². The van der Waals surface area contributed by atoms with E-state index in [4.69, 9.17) is 14.6 Å². The molecule has 0 bridgehead atoms. The van der Waals surface area contributed by atoms with E-state index < -0.39 is 48.2 Å². The summed E-state index contributed by atoms with van der Waals surface area (Å²) in [6.45, 7) is 1.63. The SMILES string of the molecule is CCCCCOC(=O)CCCC(=O)OC1=C(O)C(=O)O[C@@H]1[C@@H](O)CO. The molecule has 1 heterocycles. The van der Waals surface area contributed by atoms with Gasteiger partial charge >= 0.3 is 17.9 Å². The molecule has 0 fully saturated rings. The molecule has 0 amide bonds. The van der Waals surface area contributed by atoms with Crippen molar-refractivity contribution in [2.24, 2.45) is 0 Å². The number of carbonyl (C=O) groups excluding carboxylic acids is 3. The molecule has 0 aliphatic carbocycles. The Bertz CT molecular complexity index is 512. The molecule has 1 aliphatic rings. The van der Waals surface area contributed by atoms with E-state index in [1.54, 1.807) is 0 Å². The van der Waals surface area contributed by atoms with Gasteiger partial charge in [-0.15, -0.1) is 0 Å². The van der Waals surface area contributed by atoms with Gasteiger partial charge in [-0.1, -0.05) is 19.8 Å². The molecule has 0 radical (unpaired) electrons. The van der Waals surface area contributed by atoms with Gasteiger partial charge in [-0.05, 0) is 12.8 Å². The molecule has 0 saturated carbocycles. The number of unbranched alkanes of at least 4 members (excludes halogenated alkanes) is 2. The number of esters is 3. The van der Waals surface area contributed by atoms with Crippen molar-refractivity contribution >= 4 is 17.9 Å². The average Bonchev–Trinajstić information content (AvgIpc) is 2.86. The molecule has 0 aromatic carbocycles. The fourth-order valence-electron chi connectivity index (χ4n) is 2.08. The minimum Gasteiger partial charge on any atom is -0.499 e. The summed E-state index contributed by atoms with van der Waals surface area (Å²) in [4.78, 5) is 34.5. The van der Waals surface area contributed by atoms with E-state index in [2.05, 4.69) is 4.74 Å². The van der Waals surface area contributed by atoms with E-state index in [0.717, 1.165) is 19.3 Å². The smallest absolute Gasteiger partial charge is 0.378 e. The first-order valence-electron chi connectivity index (χ1n) is 8.20. The van der Waals surface area contributed by atoms with Crippen LogP contribution in [-0.4, -0.2) is 58.6 Å². The number of hydrogen-bond donors (Lipinski definition) is 3. The molecule has 3 N–H and O–H groups in total. The predicted molar refractivity (Wildman–Crippen MR) is 83.1 cm³/mol. The van der Waals surface area contributed by atoms with E-state index in [1.807, 2.05) is 6.92 Å². The lowest BCUT2D eigenvalue weighted by Gasteiger charge is -2.17. The molecule has 25 heavy (non-hydrogen) atoms. The fraction of sp³-hybridized carbons (Fsp3) is 0.688. The topological polar surface area (TPSA) is 140 Å². The highest BCUT2D eigenvalue weighted by Gasteiger charge is 2.41. The summed E-state index contributed by atoms with van der Waals surface area (Å²) >= 11 is 0. The second-order valence-electron chi connectivity index (χ2n) is 5.54. The lowest BCUT2D eigenvalue weighted by atomic mass is 10.2. The Hall–Kier alpha value is -2.13. The highest BCUT2D eigenvalue weighted by atomic mass is 16.6. The summed E-state index contributed by atoms with van der Waals surface area (Å²) in [5.74, 6) is -3.86. The van der Waals surface area contributed by atoms with Gasteiger partial charge in [0.05, 0.1) is 13.2 Å². The van der Waals surface area contributed by atoms with E-state index in [9.17, 15) is 24.6 Å². The fourth-order valence-corrected chi connectivity index (χ4v) is 2.08. The van der Waals surface area contributed by atoms with Gasteiger partial charge in [0.15, 0.2) is 6.10 Å². The van der Waals surface area contributed by atoms with Crippen LogP contribution in [-0.2, 0) is 28.6 Å². The molecule has 1 rings (SSSR count). The van der Waals surface area contributed by atoms with E-state index in [-0.39, 0.29) is 19.3 Å². The van der Waals surface area contributed by atoms with Crippen LogP contribution in [0.5, 0.6) is 0 Å². The molecular formula is C16H24O9. The lowest BCUT2D eigenvalue weighted by Crippen LogP contribution is -2.33. The zero-order valence-electron chi connectivity index (χ0n) is 14.1. The number of rotatable bonds is 11. The number of cyclic esters (lactones) is 1. The van der Waals surface area contributed by atoms with Gasteiger partial charge < -0.3 is 29.5 Å². The Kier molecular flexibility index (Phi) is 8.93. The van der Waals surface area contributed by atoms with Gasteiger partial charge in [0.25, 0.3) is 0 Å². The Morgan fingerprint density at radius 2 is 1.88 bits per heavy atom. The zero-order chi connectivity index (χ0) is 18.8. The van der Waals surface area contributed by atoms with Crippen molar-refractivity contribution in [3.05, 3.63) is 11.5 Å². The van der Waals surface area contributed by atoms with Crippen LogP contribution in [0.25, 0.3) is 0 Å². The minimum atomic E-state index is -1.53. The van der Waals surface area contributed by atoms with E-state index in [1.165, 1.54) is 0 Å². The molecule has 0 spiro atoms. The maximum Gasteiger partial charge on any atom is 0.378 e. The summed E-state index contributed by atoms with van der Waals surface area (Å²) in [6, 6.07) is 0. The summed E-state index contributed by atoms with van der Waals surface area (Å²) in [5.41, 5.74) is 0. The second-order valence-corrected chi connectivity index (χ2v) is 5.54. The summed E-state index contributed by atoms with van der Waals surface area (Å²) < 4.78 is 14.5. The largest absolute Gasteiger partial charge is 0.499 e. The molecular weight excluding hydrogens is 336 g/mol. The summed E-state index contributed by atoms with van der Waals surface area (Å²) in [5, 5.41) is 27.9. The van der Waals surface area contributed by atoms with Gasteiger partial charge in [-0.3, -0.25) is 9.59 Å². The van der Waals surface area contributed by atoms with Crippen LogP contribution in [0, 0.1) is 0 Å². The Labute approximate surface area is 145 Å². The Morgan fingerprint density at radius 3 is 2.52 bits per heavy atom. The normalized spacial score (nSPS) is 18.0. The van der Waals surface area contributed by atoms with Crippen molar-refractivity contribution in [1.29, 1.82) is 0 Å². The van der Waals surface area contributed by atoms with E-state index >= 15 is 0 Å². The Morgan fingerprint density at radius 1 is 1.20 bits per heavy atom. The summed E-state index contributed by atoms with van der Waals surface area (Å²) in [6.07, 6.45) is -0.160. The molecule has 0 saturated heterocycles. The minimum absolute atomic E-state index is 0.0321. The van der Waals surface area contributed by atoms with Crippen LogP contribution in [0.3, 0.4) is 0 Å². The number of aliphatic hydroxyl groups excluding tert-OH is 3. The maximum atomic E-state index is 11.8. The number of aliphatic hydroxyl groups is 3. The van der Waals surface area contributed by atoms with Crippen molar-refractivity contribution in [2.75, 3.05) is 13.2 Å². The molecule has 142 valence electrons. The third-order valence-corrected chi connectivity index (χ3v) is 3.45. The number of hydrogen-bond acceptors (Lipinski definition) is 9. The molecule has 9 heteroatoms. The molecule has 0 unspecified atom stereocenters. The molecule has 1 aliphatic heterocycles. The molecule has 0 aromatic heterocycles. The van der Waals surface area contributed by atoms with Crippen LogP contribution in [0.15, 0.2) is 11.5 Å². The van der Waals surface area contributed by atoms with Crippen LogP contribution in [0.2, 0.25) is 0 Å². The van der Waals surface area contributed by atoms with Crippen LogP contribution in [0.4, 0.5) is 0 Å². The highest BCUT2D eigenvalue weighted by molar-refractivity contribution is 5.90. The van der Waals surface area contributed by atoms with Gasteiger partial charge in [0, 0.05) is 12.8 Å². The second kappa shape index (κ2) is 10.7. The molecule has 0 aromatic rings. The van der Waals surface area contributed by atoms with Gasteiger partial charge in [-0.2, -0.15) is 0 Å². The van der Waals surface area contributed by atoms with Crippen molar-refractivity contribution in [3.63, 3.8) is 0 Å². The Balaban J connectivity index is 2.38. The quantitative estimate of drug-likeness (QED) is 0.273. The maximum absolute atomic E-state index is 11.8. The van der Waals surface area contributed by atoms with E-state index in [0.29, 0.717) is 6.61 Å². The number of carbonyl (C=O) groups is 3. The predicted octanol–water partition coefficient (Wildman–Crippen LogP) is 0.481. The van der Waals surface area contributed by atoms with Crippen molar-refractivity contribution in [2.45, 2.75) is 57.7 Å². The van der Waals surface area contributed by atoms with Gasteiger partial charge in [-0.25, -0.2) is 4.79 Å². The van der Waals surface area contributed by atoms with Crippen LogP contribution in [0.1, 0.15) is 45.4 Å². The van der Waals surface area contributed by atoms with Gasteiger partial charge in [0.1, 0.15) is 6.10 Å². The monoisotopic (exact) mass is 360 g/mol. The standard InChI is InChI=1S/C16H24O9/c1-2-3-4-8-23-11(19)6-5-7-12(20)24-15-13(21)16(22)25-14(15)10(18)9-17/h10,14,17-18,21H,2-9H2,1H3/t10-,14+/m0/s1. The first-order valence-corrected chi connectivity index (χ1v) is 8.20. The van der Waals surface area contributed by atoms with Gasteiger partial charge in [0.2, 0.25) is 11.5 Å². The third-order valence-electron chi connectivity index (χ3n) is 3.45. The van der Waals surface area contributed by atoms with Crippen molar-refractivity contribution < 1.29 is 43.9 Å². The highest BCUT2D eigenvalue weighted by Crippen LogP contribution is 2.25. The average molecular weight is 360 g/mol. The van der Waals surface area contributed by atoms with Crippen molar-refractivity contribution in [1.82, 2.24) is 0 Å². The third kappa shape index (κ3) is 6.71. The zero-order valence-corrected chi connectivity index (χ0v) is 14.1. The number of ether oxygens (including phenoxy) is 3. The summed E-state index contributed by atoms with van der Waals surface area (Å²) in [7, 11) is 0. The first kappa shape index (κ1) is 20.9. The van der Waals surface area contributed by atoms with Crippen LogP contribution >= 0.6 is 0 Å². The first-order chi connectivity index (χ1) is 11.9. The molecule has 9 nitrogen and oxygen atoms in total. The lowest BCUT2D eigenvalue weighted by molar-refractivity contribution is -0.151. The molecule has 2 atom stereocenters. The van der Waals surface area contributed by atoms with Crippen LogP contribution < -0.4 is 0 Å².